The fourth-order valence-electron chi connectivity index (χ4n) is 2.39. The molecule has 28 heavy (non-hydrogen) atoms. The number of hydrogen-bond acceptors (Lipinski definition) is 6. The number of benzene rings is 1. The highest BCUT2D eigenvalue weighted by Crippen LogP contribution is 2.35. The molecule has 0 fully saturated rings. The van der Waals surface area contributed by atoms with Crippen LogP contribution in [0.1, 0.15) is 25.0 Å². The minimum atomic E-state index is -5.08. The Morgan fingerprint density at radius 1 is 1.25 bits per heavy atom. The Hall–Kier alpha value is -3.15. The number of carboxylic acid groups (broad SMARTS) is 2. The van der Waals surface area contributed by atoms with E-state index >= 15 is 0 Å². The standard InChI is InChI=1S/C14H16N2O5.C2HF3O2/c1-8(17)21-12-6-10(15)14(20)16(7-13(18)19)11-5-3-2-4-9(11)12;3-2(4,5)1(6)7/h2-5,10,12H,6-7,15H2,1H3,(H,18,19);(H,6,7)/t10-,12?;/m0./s1. The lowest BCUT2D eigenvalue weighted by molar-refractivity contribution is -0.192. The van der Waals surface area contributed by atoms with Crippen molar-refractivity contribution in [3.63, 3.8) is 0 Å². The molecule has 0 aliphatic carbocycles. The van der Waals surface area contributed by atoms with Gasteiger partial charge in [-0.1, -0.05) is 18.2 Å². The topological polar surface area (TPSA) is 147 Å². The van der Waals surface area contributed by atoms with Crippen LogP contribution >= 0.6 is 0 Å². The molecule has 1 aromatic rings. The van der Waals surface area contributed by atoms with E-state index in [2.05, 4.69) is 0 Å². The number of nitrogens with two attached hydrogens (primary N) is 1. The third kappa shape index (κ3) is 6.23. The molecule has 1 aliphatic rings. The zero-order valence-electron chi connectivity index (χ0n) is 14.5. The van der Waals surface area contributed by atoms with Crippen LogP contribution in [0.3, 0.4) is 0 Å². The summed E-state index contributed by atoms with van der Waals surface area (Å²) in [5, 5.41) is 16.1. The van der Waals surface area contributed by atoms with Gasteiger partial charge in [0.15, 0.2) is 0 Å². The number of carbonyl (C=O) groups excluding carboxylic acids is 2. The Morgan fingerprint density at radius 2 is 1.79 bits per heavy atom. The molecule has 2 rings (SSSR count). The number of esters is 1. The summed E-state index contributed by atoms with van der Waals surface area (Å²) in [7, 11) is 0. The van der Waals surface area contributed by atoms with Crippen LogP contribution in [0.25, 0.3) is 0 Å². The van der Waals surface area contributed by atoms with Gasteiger partial charge >= 0.3 is 24.1 Å². The highest BCUT2D eigenvalue weighted by molar-refractivity contribution is 6.01. The van der Waals surface area contributed by atoms with Gasteiger partial charge in [0.25, 0.3) is 0 Å². The number of hydrogen-bond donors (Lipinski definition) is 3. The van der Waals surface area contributed by atoms with E-state index in [1.165, 1.54) is 6.92 Å². The smallest absolute Gasteiger partial charge is 0.480 e. The van der Waals surface area contributed by atoms with Crippen LogP contribution in [0.15, 0.2) is 24.3 Å². The number of alkyl halides is 3. The van der Waals surface area contributed by atoms with Gasteiger partial charge in [0.2, 0.25) is 5.91 Å². The Bertz CT molecular complexity index is 767. The van der Waals surface area contributed by atoms with Gasteiger partial charge in [0.05, 0.1) is 11.7 Å². The van der Waals surface area contributed by atoms with Crippen molar-refractivity contribution >= 4 is 29.5 Å². The van der Waals surface area contributed by atoms with Gasteiger partial charge in [0.1, 0.15) is 12.6 Å². The van der Waals surface area contributed by atoms with Crippen molar-refractivity contribution < 1.29 is 47.3 Å². The lowest BCUT2D eigenvalue weighted by atomic mass is 10.0. The number of carboxylic acids is 2. The van der Waals surface area contributed by atoms with Gasteiger partial charge in [-0.15, -0.1) is 0 Å². The van der Waals surface area contributed by atoms with Crippen molar-refractivity contribution in [3.05, 3.63) is 29.8 Å². The molecule has 0 bridgehead atoms. The molecule has 1 aliphatic heterocycles. The molecular formula is C16H17F3N2O7. The number of anilines is 1. The number of amides is 1. The molecule has 1 unspecified atom stereocenters. The van der Waals surface area contributed by atoms with Crippen LogP contribution in [0.2, 0.25) is 0 Å². The van der Waals surface area contributed by atoms with E-state index in [4.69, 9.17) is 25.5 Å². The predicted molar refractivity (Wildman–Crippen MR) is 87.2 cm³/mol. The number of carbonyl (C=O) groups is 4. The second-order valence-electron chi connectivity index (χ2n) is 5.62. The van der Waals surface area contributed by atoms with Gasteiger partial charge in [0, 0.05) is 18.9 Å². The molecule has 154 valence electrons. The van der Waals surface area contributed by atoms with Gasteiger partial charge in [-0.05, 0) is 6.07 Å². The lowest BCUT2D eigenvalue weighted by Gasteiger charge is -2.22. The maximum absolute atomic E-state index is 12.3. The van der Waals surface area contributed by atoms with E-state index in [0.717, 1.165) is 4.90 Å². The Morgan fingerprint density at radius 3 is 2.25 bits per heavy atom. The second kappa shape index (κ2) is 9.17. The molecule has 1 aromatic carbocycles. The van der Waals surface area contributed by atoms with Crippen molar-refractivity contribution in [2.45, 2.75) is 31.7 Å². The summed E-state index contributed by atoms with van der Waals surface area (Å²) in [6.45, 7) is 0.784. The fourth-order valence-corrected chi connectivity index (χ4v) is 2.39. The quantitative estimate of drug-likeness (QED) is 0.632. The van der Waals surface area contributed by atoms with Gasteiger partial charge in [-0.25, -0.2) is 4.79 Å². The van der Waals surface area contributed by atoms with Crippen LogP contribution in [0, 0.1) is 0 Å². The largest absolute Gasteiger partial charge is 0.490 e. The van der Waals surface area contributed by atoms with Crippen molar-refractivity contribution in [1.29, 1.82) is 0 Å². The summed E-state index contributed by atoms with van der Waals surface area (Å²) in [5.41, 5.74) is 6.80. The molecule has 0 radical (unpaired) electrons. The fraction of sp³-hybridized carbons (Fsp3) is 0.375. The molecular weight excluding hydrogens is 389 g/mol. The average molecular weight is 406 g/mol. The zero-order chi connectivity index (χ0) is 21.6. The summed E-state index contributed by atoms with van der Waals surface area (Å²) in [6.07, 6.45) is -5.64. The van der Waals surface area contributed by atoms with Crippen LogP contribution in [-0.2, 0) is 23.9 Å². The van der Waals surface area contributed by atoms with E-state index < -0.39 is 48.7 Å². The molecule has 0 saturated carbocycles. The number of ether oxygens (including phenoxy) is 1. The third-order valence-corrected chi connectivity index (χ3v) is 3.47. The number of aliphatic carboxylic acids is 2. The van der Waals surface area contributed by atoms with Crippen molar-refractivity contribution in [2.75, 3.05) is 11.4 Å². The molecule has 0 saturated heterocycles. The summed E-state index contributed by atoms with van der Waals surface area (Å²) in [6, 6.07) is 5.80. The number of nitrogens with zero attached hydrogens (tertiary/aromatic N) is 1. The Balaban J connectivity index is 0.000000480. The first-order chi connectivity index (χ1) is 12.8. The third-order valence-electron chi connectivity index (χ3n) is 3.47. The first kappa shape index (κ1) is 22.9. The molecule has 12 heteroatoms. The van der Waals surface area contributed by atoms with Crippen molar-refractivity contribution in [1.82, 2.24) is 0 Å². The summed E-state index contributed by atoms with van der Waals surface area (Å²) in [4.78, 5) is 44.5. The molecule has 1 amide bonds. The summed E-state index contributed by atoms with van der Waals surface area (Å²) < 4.78 is 37.0. The molecule has 2 atom stereocenters. The van der Waals surface area contributed by atoms with E-state index in [-0.39, 0.29) is 6.42 Å². The second-order valence-corrected chi connectivity index (χ2v) is 5.62. The monoisotopic (exact) mass is 406 g/mol. The van der Waals surface area contributed by atoms with Crippen molar-refractivity contribution in [2.24, 2.45) is 5.73 Å². The van der Waals surface area contributed by atoms with Gasteiger partial charge in [-0.3, -0.25) is 19.3 Å². The molecule has 0 aromatic heterocycles. The van der Waals surface area contributed by atoms with Crippen LogP contribution in [-0.4, -0.2) is 52.8 Å². The zero-order valence-corrected chi connectivity index (χ0v) is 14.5. The van der Waals surface area contributed by atoms with Crippen LogP contribution in [0.5, 0.6) is 0 Å². The van der Waals surface area contributed by atoms with Crippen LogP contribution in [0.4, 0.5) is 18.9 Å². The van der Waals surface area contributed by atoms with Gasteiger partial charge < -0.3 is 20.7 Å². The Kier molecular flexibility index (Phi) is 7.50. The van der Waals surface area contributed by atoms with Gasteiger partial charge in [-0.2, -0.15) is 13.2 Å². The highest BCUT2D eigenvalue weighted by Gasteiger charge is 2.38. The first-order valence-electron chi connectivity index (χ1n) is 7.69. The lowest BCUT2D eigenvalue weighted by Crippen LogP contribution is -2.45. The molecule has 0 spiro atoms. The number of halogens is 3. The number of para-hydroxylation sites is 1. The number of fused-ring (bicyclic) bond motifs is 1. The first-order valence-corrected chi connectivity index (χ1v) is 7.69. The van der Waals surface area contributed by atoms with E-state index in [0.29, 0.717) is 11.3 Å². The maximum Gasteiger partial charge on any atom is 0.490 e. The minimum Gasteiger partial charge on any atom is -0.480 e. The van der Waals surface area contributed by atoms with E-state index in [9.17, 15) is 27.6 Å². The molecule has 9 nitrogen and oxygen atoms in total. The molecule has 4 N–H and O–H groups in total. The summed E-state index contributed by atoms with van der Waals surface area (Å²) in [5.74, 6) is -4.88. The molecule has 1 heterocycles. The van der Waals surface area contributed by atoms with E-state index in [1.54, 1.807) is 24.3 Å². The maximum atomic E-state index is 12.3. The Labute approximate surface area is 156 Å². The average Bonchev–Trinajstić information content (AvgIpc) is 2.65. The number of rotatable bonds is 3. The van der Waals surface area contributed by atoms with E-state index in [1.807, 2.05) is 0 Å². The SMILES string of the molecule is CC(=O)OC1C[C@H](N)C(=O)N(CC(=O)O)c2ccccc21.O=C(O)C(F)(F)F. The van der Waals surface area contributed by atoms with Crippen molar-refractivity contribution in [3.8, 4) is 0 Å². The van der Waals surface area contributed by atoms with Crippen LogP contribution < -0.4 is 10.6 Å². The minimum absolute atomic E-state index is 0.117. The summed E-state index contributed by atoms with van der Waals surface area (Å²) >= 11 is 0. The highest BCUT2D eigenvalue weighted by atomic mass is 19.4. The normalized spacial score (nSPS) is 18.9. The predicted octanol–water partition coefficient (Wildman–Crippen LogP) is 1.07.